The normalized spacial score (nSPS) is 12.4. The molecule has 0 saturated carbocycles. The lowest BCUT2D eigenvalue weighted by atomic mass is 10.1. The average Bonchev–Trinajstić information content (AvgIpc) is 2.71. The van der Waals surface area contributed by atoms with E-state index in [1.165, 1.54) is 25.7 Å². The van der Waals surface area contributed by atoms with Crippen molar-refractivity contribution in [1.82, 2.24) is 5.32 Å². The van der Waals surface area contributed by atoms with Crippen LogP contribution in [0.15, 0.2) is 15.2 Å². The van der Waals surface area contributed by atoms with Gasteiger partial charge in [0.05, 0.1) is 9.35 Å². The number of carbonyl (C=O) groups excluding carboxylic acids is 1. The van der Waals surface area contributed by atoms with Gasteiger partial charge in [-0.05, 0) is 35.3 Å². The monoisotopic (exact) mass is 317 g/mol. The number of hydrogen-bond donors (Lipinski definition) is 1. The van der Waals surface area contributed by atoms with Gasteiger partial charge in [-0.15, -0.1) is 11.3 Å². The zero-order valence-corrected chi connectivity index (χ0v) is 12.9. The Morgan fingerprint density at radius 3 is 2.82 bits per heavy atom. The Morgan fingerprint density at radius 2 is 2.24 bits per heavy atom. The van der Waals surface area contributed by atoms with Gasteiger partial charge in [-0.1, -0.05) is 32.6 Å². The lowest BCUT2D eigenvalue weighted by molar-refractivity contribution is 0.0938. The van der Waals surface area contributed by atoms with Crippen LogP contribution >= 0.6 is 27.3 Å². The highest BCUT2D eigenvalue weighted by molar-refractivity contribution is 9.11. The highest BCUT2D eigenvalue weighted by Gasteiger charge is 2.10. The minimum Gasteiger partial charge on any atom is -0.350 e. The Morgan fingerprint density at radius 1 is 1.47 bits per heavy atom. The van der Waals surface area contributed by atoms with Gasteiger partial charge in [0, 0.05) is 11.4 Å². The molecular weight excluding hydrogens is 298 g/mol. The quantitative estimate of drug-likeness (QED) is 0.732. The lowest BCUT2D eigenvalue weighted by Gasteiger charge is -2.12. The summed E-state index contributed by atoms with van der Waals surface area (Å²) in [5.74, 6) is 0.0370. The van der Waals surface area contributed by atoms with Crippen molar-refractivity contribution in [2.45, 2.75) is 52.0 Å². The van der Waals surface area contributed by atoms with Crippen LogP contribution in [0, 0.1) is 0 Å². The molecule has 2 nitrogen and oxygen atoms in total. The van der Waals surface area contributed by atoms with Gasteiger partial charge >= 0.3 is 0 Å². The third-order valence-corrected chi connectivity index (χ3v) is 4.20. The Bertz CT molecular complexity index is 351. The summed E-state index contributed by atoms with van der Waals surface area (Å²) in [5.41, 5.74) is 0.752. The molecule has 0 bridgehead atoms. The van der Waals surface area contributed by atoms with Crippen LogP contribution in [0.1, 0.15) is 56.3 Å². The van der Waals surface area contributed by atoms with Crippen molar-refractivity contribution in [2.75, 3.05) is 0 Å². The first-order valence-electron chi connectivity index (χ1n) is 6.18. The molecule has 0 saturated heterocycles. The summed E-state index contributed by atoms with van der Waals surface area (Å²) in [4.78, 5) is 11.8. The summed E-state index contributed by atoms with van der Waals surface area (Å²) in [5, 5.41) is 4.91. The molecule has 1 amide bonds. The topological polar surface area (TPSA) is 29.1 Å². The SMILES string of the molecule is CCCCCCC(C)NC(=O)c1csc(Br)c1. The largest absolute Gasteiger partial charge is 0.350 e. The first kappa shape index (κ1) is 14.7. The second-order valence-corrected chi connectivity index (χ2v) is 6.65. The summed E-state index contributed by atoms with van der Waals surface area (Å²) in [6.45, 7) is 4.28. The summed E-state index contributed by atoms with van der Waals surface area (Å²) >= 11 is 4.90. The molecule has 1 atom stereocenters. The van der Waals surface area contributed by atoms with Gasteiger partial charge in [-0.25, -0.2) is 0 Å². The number of carbonyl (C=O) groups is 1. The molecule has 0 radical (unpaired) electrons. The van der Waals surface area contributed by atoms with Gasteiger partial charge in [0.1, 0.15) is 0 Å². The van der Waals surface area contributed by atoms with E-state index in [0.717, 1.165) is 15.8 Å². The van der Waals surface area contributed by atoms with E-state index in [9.17, 15) is 4.79 Å². The second kappa shape index (κ2) is 7.88. The van der Waals surface area contributed by atoms with Crippen molar-refractivity contribution < 1.29 is 4.79 Å². The van der Waals surface area contributed by atoms with Crippen molar-refractivity contribution in [3.63, 3.8) is 0 Å². The van der Waals surface area contributed by atoms with E-state index in [4.69, 9.17) is 0 Å². The third kappa shape index (κ3) is 5.68. The van der Waals surface area contributed by atoms with Crippen molar-refractivity contribution >= 4 is 33.2 Å². The van der Waals surface area contributed by atoms with Crippen LogP contribution in [0.5, 0.6) is 0 Å². The Hall–Kier alpha value is -0.350. The molecule has 0 aromatic carbocycles. The first-order valence-corrected chi connectivity index (χ1v) is 7.85. The summed E-state index contributed by atoms with van der Waals surface area (Å²) < 4.78 is 0.998. The highest BCUT2D eigenvalue weighted by Crippen LogP contribution is 2.20. The molecule has 4 heteroatoms. The molecule has 1 aromatic rings. The maximum Gasteiger partial charge on any atom is 0.252 e. The molecular formula is C13H20BrNOS. The van der Waals surface area contributed by atoms with Gasteiger partial charge in [-0.3, -0.25) is 4.79 Å². The number of thiophene rings is 1. The van der Waals surface area contributed by atoms with E-state index in [1.807, 2.05) is 11.4 Å². The number of amides is 1. The first-order chi connectivity index (χ1) is 8.13. The second-order valence-electron chi connectivity index (χ2n) is 4.36. The molecule has 1 aromatic heterocycles. The van der Waals surface area contributed by atoms with E-state index in [-0.39, 0.29) is 11.9 Å². The van der Waals surface area contributed by atoms with Crippen LogP contribution in [0.25, 0.3) is 0 Å². The smallest absolute Gasteiger partial charge is 0.252 e. The number of unbranched alkanes of at least 4 members (excludes halogenated alkanes) is 3. The summed E-state index contributed by atoms with van der Waals surface area (Å²) in [7, 11) is 0. The molecule has 0 spiro atoms. The van der Waals surface area contributed by atoms with Gasteiger partial charge in [0.15, 0.2) is 0 Å². The maximum atomic E-state index is 11.8. The minimum atomic E-state index is 0.0370. The average molecular weight is 318 g/mol. The van der Waals surface area contributed by atoms with Crippen LogP contribution in [-0.2, 0) is 0 Å². The van der Waals surface area contributed by atoms with E-state index in [1.54, 1.807) is 11.3 Å². The predicted octanol–water partition coefficient (Wildman–Crippen LogP) is 4.60. The van der Waals surface area contributed by atoms with Gasteiger partial charge < -0.3 is 5.32 Å². The van der Waals surface area contributed by atoms with Crippen LogP contribution in [0.3, 0.4) is 0 Å². The fourth-order valence-corrected chi connectivity index (χ4v) is 2.82. The van der Waals surface area contributed by atoms with Crippen molar-refractivity contribution in [3.05, 3.63) is 20.8 Å². The van der Waals surface area contributed by atoms with E-state index in [0.29, 0.717) is 0 Å². The number of nitrogens with one attached hydrogen (secondary N) is 1. The molecule has 0 aliphatic rings. The van der Waals surface area contributed by atoms with E-state index in [2.05, 4.69) is 35.1 Å². The fourth-order valence-electron chi connectivity index (χ4n) is 1.69. The van der Waals surface area contributed by atoms with Gasteiger partial charge in [0.2, 0.25) is 0 Å². The Kier molecular flexibility index (Phi) is 6.82. The van der Waals surface area contributed by atoms with E-state index < -0.39 is 0 Å². The summed E-state index contributed by atoms with van der Waals surface area (Å²) in [6.07, 6.45) is 6.07. The maximum absolute atomic E-state index is 11.8. The van der Waals surface area contributed by atoms with Crippen molar-refractivity contribution in [2.24, 2.45) is 0 Å². The van der Waals surface area contributed by atoms with Gasteiger partial charge in [-0.2, -0.15) is 0 Å². The molecule has 1 unspecified atom stereocenters. The molecule has 1 heterocycles. The molecule has 0 aliphatic heterocycles. The fraction of sp³-hybridized carbons (Fsp3) is 0.615. The van der Waals surface area contributed by atoms with Crippen LogP contribution in [0.4, 0.5) is 0 Å². The van der Waals surface area contributed by atoms with Crippen LogP contribution < -0.4 is 5.32 Å². The standard InChI is InChI=1S/C13H20BrNOS/c1-3-4-5-6-7-10(2)15-13(16)11-8-12(14)17-9-11/h8-10H,3-7H2,1-2H3,(H,15,16). The molecule has 17 heavy (non-hydrogen) atoms. The lowest BCUT2D eigenvalue weighted by Crippen LogP contribution is -2.32. The summed E-state index contributed by atoms with van der Waals surface area (Å²) in [6, 6.07) is 2.13. The van der Waals surface area contributed by atoms with Crippen LogP contribution in [0.2, 0.25) is 0 Å². The van der Waals surface area contributed by atoms with Gasteiger partial charge in [0.25, 0.3) is 5.91 Å². The van der Waals surface area contributed by atoms with E-state index >= 15 is 0 Å². The van der Waals surface area contributed by atoms with Crippen molar-refractivity contribution in [3.8, 4) is 0 Å². The molecule has 0 aliphatic carbocycles. The molecule has 96 valence electrons. The Balaban J connectivity index is 2.26. The number of hydrogen-bond acceptors (Lipinski definition) is 2. The zero-order chi connectivity index (χ0) is 12.7. The van der Waals surface area contributed by atoms with Crippen LogP contribution in [-0.4, -0.2) is 11.9 Å². The molecule has 1 N–H and O–H groups in total. The molecule has 0 fully saturated rings. The van der Waals surface area contributed by atoms with Crippen molar-refractivity contribution in [1.29, 1.82) is 0 Å². The Labute approximate surface area is 116 Å². The minimum absolute atomic E-state index is 0.0370. The molecule has 1 rings (SSSR count). The zero-order valence-electron chi connectivity index (χ0n) is 10.5. The number of rotatable bonds is 7. The number of halogens is 1. The highest BCUT2D eigenvalue weighted by atomic mass is 79.9. The third-order valence-electron chi connectivity index (χ3n) is 2.70. The predicted molar refractivity (Wildman–Crippen MR) is 77.7 cm³/mol.